The van der Waals surface area contributed by atoms with Crippen molar-refractivity contribution in [3.63, 3.8) is 0 Å². The van der Waals surface area contributed by atoms with Gasteiger partial charge in [-0.2, -0.15) is 0 Å². The second-order valence-electron chi connectivity index (χ2n) is 5.49. The number of methoxy groups -OCH3 is 3. The van der Waals surface area contributed by atoms with Gasteiger partial charge in [0.05, 0.1) is 33.4 Å². The lowest BCUT2D eigenvalue weighted by atomic mass is 10.2. The van der Waals surface area contributed by atoms with Gasteiger partial charge in [0.2, 0.25) is 5.89 Å². The third-order valence-electron chi connectivity index (χ3n) is 3.82. The van der Waals surface area contributed by atoms with E-state index in [2.05, 4.69) is 15.5 Å². The Morgan fingerprint density at radius 1 is 1.00 bits per heavy atom. The molecule has 1 aromatic heterocycles. The summed E-state index contributed by atoms with van der Waals surface area (Å²) in [5, 5.41) is 10.7. The second-order valence-corrected chi connectivity index (χ2v) is 5.49. The van der Waals surface area contributed by atoms with E-state index in [1.165, 1.54) is 14.2 Å². The van der Waals surface area contributed by atoms with Gasteiger partial charge < -0.3 is 23.9 Å². The van der Waals surface area contributed by atoms with Crippen LogP contribution in [0.4, 0.5) is 0 Å². The summed E-state index contributed by atoms with van der Waals surface area (Å²) in [5.74, 6) is 1.95. The number of amides is 1. The molecular weight excluding hydrogens is 350 g/mol. The van der Waals surface area contributed by atoms with Crippen molar-refractivity contribution in [3.8, 4) is 28.7 Å². The molecule has 2 aromatic carbocycles. The minimum absolute atomic E-state index is 0.0838. The molecular formula is C19H19N3O5. The Bertz CT molecular complexity index is 916. The highest BCUT2D eigenvalue weighted by Gasteiger charge is 2.15. The van der Waals surface area contributed by atoms with Gasteiger partial charge in [0.15, 0.2) is 0 Å². The van der Waals surface area contributed by atoms with Gasteiger partial charge in [-0.15, -0.1) is 10.2 Å². The van der Waals surface area contributed by atoms with Gasteiger partial charge in [-0.1, -0.05) is 12.1 Å². The van der Waals surface area contributed by atoms with E-state index in [9.17, 15) is 4.79 Å². The molecule has 0 spiro atoms. The maximum Gasteiger partial charge on any atom is 0.251 e. The lowest BCUT2D eigenvalue weighted by molar-refractivity contribution is 0.0946. The molecule has 0 aliphatic rings. The number of carbonyl (C=O) groups is 1. The Labute approximate surface area is 156 Å². The van der Waals surface area contributed by atoms with Crippen LogP contribution in [0.2, 0.25) is 0 Å². The summed E-state index contributed by atoms with van der Waals surface area (Å²) in [6, 6.07) is 12.2. The van der Waals surface area contributed by atoms with Gasteiger partial charge in [-0.25, -0.2) is 0 Å². The normalized spacial score (nSPS) is 10.3. The van der Waals surface area contributed by atoms with Crippen LogP contribution in [0, 0.1) is 0 Å². The summed E-state index contributed by atoms with van der Waals surface area (Å²) in [6.07, 6.45) is 0. The van der Waals surface area contributed by atoms with Crippen LogP contribution in [0.3, 0.4) is 0 Å². The lowest BCUT2D eigenvalue weighted by Crippen LogP contribution is -2.23. The standard InChI is InChI=1S/C19H19N3O5/c1-24-13-8-12(9-14(10-13)25-2)18(23)20-11-17-21-22-19(27-17)15-6-4-5-7-16(15)26-3/h4-10H,11H2,1-3H3,(H,20,23). The first-order valence-electron chi connectivity index (χ1n) is 8.11. The smallest absolute Gasteiger partial charge is 0.251 e. The monoisotopic (exact) mass is 369 g/mol. The number of para-hydroxylation sites is 1. The van der Waals surface area contributed by atoms with Gasteiger partial charge in [0, 0.05) is 11.6 Å². The molecule has 0 radical (unpaired) electrons. The highest BCUT2D eigenvalue weighted by Crippen LogP contribution is 2.28. The van der Waals surface area contributed by atoms with Gasteiger partial charge in [0.25, 0.3) is 11.8 Å². The van der Waals surface area contributed by atoms with Crippen LogP contribution in [0.5, 0.6) is 17.2 Å². The molecule has 3 rings (SSSR count). The molecule has 0 aliphatic carbocycles. The fraction of sp³-hybridized carbons (Fsp3) is 0.211. The molecule has 8 nitrogen and oxygen atoms in total. The van der Waals surface area contributed by atoms with E-state index in [0.717, 1.165) is 0 Å². The number of nitrogens with zero attached hydrogens (tertiary/aromatic N) is 2. The van der Waals surface area contributed by atoms with Crippen LogP contribution in [-0.4, -0.2) is 37.4 Å². The first-order valence-corrected chi connectivity index (χ1v) is 8.11. The van der Waals surface area contributed by atoms with Gasteiger partial charge in [0.1, 0.15) is 17.2 Å². The SMILES string of the molecule is COc1cc(OC)cc(C(=O)NCc2nnc(-c3ccccc3OC)o2)c1. The summed E-state index contributed by atoms with van der Waals surface area (Å²) in [7, 11) is 4.61. The van der Waals surface area contributed by atoms with Crippen LogP contribution >= 0.6 is 0 Å². The topological polar surface area (TPSA) is 95.7 Å². The quantitative estimate of drug-likeness (QED) is 0.684. The van der Waals surface area contributed by atoms with Crippen LogP contribution in [0.25, 0.3) is 11.5 Å². The molecule has 0 bridgehead atoms. The van der Waals surface area contributed by atoms with Gasteiger partial charge in [-0.05, 0) is 24.3 Å². The van der Waals surface area contributed by atoms with Crippen molar-refractivity contribution >= 4 is 5.91 Å². The zero-order valence-electron chi connectivity index (χ0n) is 15.2. The average molecular weight is 369 g/mol. The third kappa shape index (κ3) is 4.17. The number of rotatable bonds is 7. The highest BCUT2D eigenvalue weighted by atomic mass is 16.5. The molecule has 3 aromatic rings. The molecule has 0 atom stereocenters. The summed E-state index contributed by atoms with van der Waals surface area (Å²) in [5.41, 5.74) is 1.08. The van der Waals surface area contributed by atoms with E-state index in [1.807, 2.05) is 18.2 Å². The van der Waals surface area contributed by atoms with E-state index in [1.54, 1.807) is 31.4 Å². The van der Waals surface area contributed by atoms with Crippen molar-refractivity contribution in [2.45, 2.75) is 6.54 Å². The number of ether oxygens (including phenoxy) is 3. The van der Waals surface area contributed by atoms with Crippen LogP contribution < -0.4 is 19.5 Å². The van der Waals surface area contributed by atoms with Crippen molar-refractivity contribution in [1.29, 1.82) is 0 Å². The number of carbonyl (C=O) groups excluding carboxylic acids is 1. The molecule has 0 unspecified atom stereocenters. The zero-order chi connectivity index (χ0) is 19.2. The molecule has 0 saturated heterocycles. The Morgan fingerprint density at radius 2 is 1.70 bits per heavy atom. The number of aromatic nitrogens is 2. The van der Waals surface area contributed by atoms with Crippen LogP contribution in [0.15, 0.2) is 46.9 Å². The van der Waals surface area contributed by atoms with E-state index < -0.39 is 0 Å². The Hall–Kier alpha value is -3.55. The lowest BCUT2D eigenvalue weighted by Gasteiger charge is -2.08. The van der Waals surface area contributed by atoms with Crippen LogP contribution in [0.1, 0.15) is 16.2 Å². The van der Waals surface area contributed by atoms with Gasteiger partial charge in [-0.3, -0.25) is 4.79 Å². The Kier molecular flexibility index (Phi) is 5.55. The van der Waals surface area contributed by atoms with Crippen molar-refractivity contribution in [3.05, 3.63) is 53.9 Å². The van der Waals surface area contributed by atoms with Crippen molar-refractivity contribution in [1.82, 2.24) is 15.5 Å². The molecule has 1 N–H and O–H groups in total. The van der Waals surface area contributed by atoms with Crippen LogP contribution in [-0.2, 0) is 6.54 Å². The first kappa shape index (κ1) is 18.2. The van der Waals surface area contributed by atoms with E-state index in [4.69, 9.17) is 18.6 Å². The number of nitrogens with one attached hydrogen (secondary N) is 1. The molecule has 0 saturated carbocycles. The predicted molar refractivity (Wildman–Crippen MR) is 97.0 cm³/mol. The maximum atomic E-state index is 12.4. The van der Waals surface area contributed by atoms with Crippen molar-refractivity contribution in [2.75, 3.05) is 21.3 Å². The first-order chi connectivity index (χ1) is 13.1. The summed E-state index contributed by atoms with van der Waals surface area (Å²) in [6.45, 7) is 0.0838. The molecule has 8 heteroatoms. The summed E-state index contributed by atoms with van der Waals surface area (Å²) < 4.78 is 21.3. The maximum absolute atomic E-state index is 12.4. The summed E-state index contributed by atoms with van der Waals surface area (Å²) >= 11 is 0. The Morgan fingerprint density at radius 3 is 2.37 bits per heavy atom. The molecule has 1 amide bonds. The highest BCUT2D eigenvalue weighted by molar-refractivity contribution is 5.95. The Balaban J connectivity index is 1.71. The molecule has 140 valence electrons. The van der Waals surface area contributed by atoms with Gasteiger partial charge >= 0.3 is 0 Å². The average Bonchev–Trinajstić information content (AvgIpc) is 3.20. The largest absolute Gasteiger partial charge is 0.497 e. The molecule has 0 fully saturated rings. The predicted octanol–water partition coefficient (Wildman–Crippen LogP) is 2.69. The third-order valence-corrected chi connectivity index (χ3v) is 3.82. The molecule has 1 heterocycles. The minimum Gasteiger partial charge on any atom is -0.497 e. The number of hydrogen-bond acceptors (Lipinski definition) is 7. The fourth-order valence-electron chi connectivity index (χ4n) is 2.45. The molecule has 27 heavy (non-hydrogen) atoms. The number of benzene rings is 2. The van der Waals surface area contributed by atoms with E-state index >= 15 is 0 Å². The van der Waals surface area contributed by atoms with E-state index in [-0.39, 0.29) is 18.3 Å². The van der Waals surface area contributed by atoms with Crippen molar-refractivity contribution in [2.24, 2.45) is 0 Å². The van der Waals surface area contributed by atoms with Crippen molar-refractivity contribution < 1.29 is 23.4 Å². The summed E-state index contributed by atoms with van der Waals surface area (Å²) in [4.78, 5) is 12.4. The fourth-order valence-corrected chi connectivity index (χ4v) is 2.45. The minimum atomic E-state index is -0.316. The second kappa shape index (κ2) is 8.22. The van der Waals surface area contributed by atoms with E-state index in [0.29, 0.717) is 34.3 Å². The molecule has 0 aliphatic heterocycles. The number of hydrogen-bond donors (Lipinski definition) is 1. The zero-order valence-corrected chi connectivity index (χ0v) is 15.2.